The lowest BCUT2D eigenvalue weighted by atomic mass is 9.93. The lowest BCUT2D eigenvalue weighted by Gasteiger charge is -2.12. The Balaban J connectivity index is 3.67. The van der Waals surface area contributed by atoms with Gasteiger partial charge in [-0.25, -0.2) is 0 Å². The van der Waals surface area contributed by atoms with Crippen LogP contribution in [0.1, 0.15) is 58.8 Å². The van der Waals surface area contributed by atoms with Gasteiger partial charge in [-0.05, 0) is 12.8 Å². The zero-order chi connectivity index (χ0) is 10.8. The molecule has 0 fully saturated rings. The Hall–Kier alpha value is 0.150. The van der Waals surface area contributed by atoms with Crippen LogP contribution in [-0.4, -0.2) is 11.1 Å². The Kier molecular flexibility index (Phi) is 9.80. The molecule has 14 heavy (non-hydrogen) atoms. The standard InChI is InChI=1S/C12H23BrO/c1-3-5-6-7-9-11(8-4-2)12(14)10-13/h11H,3-10H2,1-2H3. The summed E-state index contributed by atoms with van der Waals surface area (Å²) in [6.45, 7) is 4.37. The first-order valence-electron chi connectivity index (χ1n) is 5.84. The van der Waals surface area contributed by atoms with Crippen molar-refractivity contribution in [2.75, 3.05) is 5.33 Å². The van der Waals surface area contributed by atoms with Crippen molar-refractivity contribution in [3.05, 3.63) is 0 Å². The molecule has 0 spiro atoms. The molecule has 84 valence electrons. The largest absolute Gasteiger partial charge is 0.298 e. The van der Waals surface area contributed by atoms with E-state index in [1.165, 1.54) is 25.7 Å². The zero-order valence-corrected chi connectivity index (χ0v) is 11.1. The highest BCUT2D eigenvalue weighted by atomic mass is 79.9. The molecule has 1 nitrogen and oxygen atoms in total. The highest BCUT2D eigenvalue weighted by molar-refractivity contribution is 9.09. The molecule has 0 aromatic carbocycles. The Labute approximate surface area is 96.8 Å². The van der Waals surface area contributed by atoms with Crippen molar-refractivity contribution < 1.29 is 4.79 Å². The van der Waals surface area contributed by atoms with Crippen LogP contribution in [0.5, 0.6) is 0 Å². The summed E-state index contributed by atoms with van der Waals surface area (Å²) in [5.41, 5.74) is 0. The molecule has 0 amide bonds. The van der Waals surface area contributed by atoms with Gasteiger partial charge in [-0.3, -0.25) is 4.79 Å². The predicted octanol–water partition coefficient (Wildman–Crippen LogP) is 4.34. The topological polar surface area (TPSA) is 17.1 Å². The second kappa shape index (κ2) is 9.70. The molecule has 0 aromatic rings. The Morgan fingerprint density at radius 3 is 2.29 bits per heavy atom. The Morgan fingerprint density at radius 1 is 1.07 bits per heavy atom. The maximum atomic E-state index is 11.5. The third-order valence-electron chi connectivity index (χ3n) is 2.63. The number of Topliss-reactive ketones (excluding diaryl/α,β-unsaturated/α-hetero) is 1. The lowest BCUT2D eigenvalue weighted by Crippen LogP contribution is -2.15. The van der Waals surface area contributed by atoms with Crippen LogP contribution in [-0.2, 0) is 4.79 Å². The van der Waals surface area contributed by atoms with Gasteiger partial charge in [0, 0.05) is 5.92 Å². The quantitative estimate of drug-likeness (QED) is 0.447. The third-order valence-corrected chi connectivity index (χ3v) is 3.18. The molecule has 0 heterocycles. The number of hydrogen-bond acceptors (Lipinski definition) is 1. The second-order valence-corrected chi connectivity index (χ2v) is 4.50. The van der Waals surface area contributed by atoms with Crippen LogP contribution >= 0.6 is 15.9 Å². The Bertz CT molecular complexity index is 145. The maximum absolute atomic E-state index is 11.5. The molecular formula is C12H23BrO. The first kappa shape index (κ1) is 14.2. The van der Waals surface area contributed by atoms with E-state index in [-0.39, 0.29) is 0 Å². The number of unbranched alkanes of at least 4 members (excludes halogenated alkanes) is 3. The van der Waals surface area contributed by atoms with Gasteiger partial charge in [0.15, 0.2) is 0 Å². The molecule has 2 heteroatoms. The molecule has 0 bridgehead atoms. The summed E-state index contributed by atoms with van der Waals surface area (Å²) in [6.07, 6.45) is 8.36. The predicted molar refractivity (Wildman–Crippen MR) is 66.0 cm³/mol. The summed E-state index contributed by atoms with van der Waals surface area (Å²) in [5, 5.41) is 0.533. The van der Waals surface area contributed by atoms with E-state index in [1.807, 2.05) is 0 Å². The van der Waals surface area contributed by atoms with Crippen molar-refractivity contribution in [2.45, 2.75) is 58.8 Å². The fourth-order valence-corrected chi connectivity index (χ4v) is 2.20. The highest BCUT2D eigenvalue weighted by Gasteiger charge is 2.15. The normalized spacial score (nSPS) is 12.8. The molecule has 0 aliphatic carbocycles. The number of halogens is 1. The molecule has 0 saturated carbocycles. The van der Waals surface area contributed by atoms with Crippen LogP contribution in [0, 0.1) is 5.92 Å². The summed E-state index contributed by atoms with van der Waals surface area (Å²) in [7, 11) is 0. The van der Waals surface area contributed by atoms with Gasteiger partial charge in [0.1, 0.15) is 5.78 Å². The van der Waals surface area contributed by atoms with E-state index in [2.05, 4.69) is 29.8 Å². The van der Waals surface area contributed by atoms with E-state index in [0.717, 1.165) is 19.3 Å². The minimum atomic E-state index is 0.316. The van der Waals surface area contributed by atoms with Gasteiger partial charge in [-0.15, -0.1) is 0 Å². The van der Waals surface area contributed by atoms with Crippen LogP contribution in [0.25, 0.3) is 0 Å². The van der Waals surface area contributed by atoms with Crippen molar-refractivity contribution in [2.24, 2.45) is 5.92 Å². The number of carbonyl (C=O) groups excluding carboxylic acids is 1. The molecule has 0 rings (SSSR count). The van der Waals surface area contributed by atoms with Crippen LogP contribution in [0.3, 0.4) is 0 Å². The number of carbonyl (C=O) groups is 1. The van der Waals surface area contributed by atoms with E-state index in [1.54, 1.807) is 0 Å². The second-order valence-electron chi connectivity index (χ2n) is 3.93. The van der Waals surface area contributed by atoms with Crippen LogP contribution in [0.2, 0.25) is 0 Å². The minimum absolute atomic E-state index is 0.316. The molecule has 0 aromatic heterocycles. The molecular weight excluding hydrogens is 240 g/mol. The maximum Gasteiger partial charge on any atom is 0.146 e. The number of alkyl halides is 1. The number of ketones is 1. The van der Waals surface area contributed by atoms with Crippen molar-refractivity contribution in [3.63, 3.8) is 0 Å². The van der Waals surface area contributed by atoms with Gasteiger partial charge in [0.05, 0.1) is 5.33 Å². The smallest absolute Gasteiger partial charge is 0.146 e. The van der Waals surface area contributed by atoms with E-state index in [0.29, 0.717) is 17.0 Å². The summed E-state index contributed by atoms with van der Waals surface area (Å²) >= 11 is 3.26. The first-order valence-corrected chi connectivity index (χ1v) is 6.97. The van der Waals surface area contributed by atoms with Crippen molar-refractivity contribution in [1.29, 1.82) is 0 Å². The zero-order valence-electron chi connectivity index (χ0n) is 9.52. The van der Waals surface area contributed by atoms with Crippen LogP contribution < -0.4 is 0 Å². The van der Waals surface area contributed by atoms with E-state index in [4.69, 9.17) is 0 Å². The van der Waals surface area contributed by atoms with Crippen molar-refractivity contribution in [1.82, 2.24) is 0 Å². The lowest BCUT2D eigenvalue weighted by molar-refractivity contribution is -0.120. The average Bonchev–Trinajstić information content (AvgIpc) is 2.21. The summed E-state index contributed by atoms with van der Waals surface area (Å²) < 4.78 is 0. The SMILES string of the molecule is CCCCCCC(CCC)C(=O)CBr. The fourth-order valence-electron chi connectivity index (χ4n) is 1.74. The summed E-state index contributed by atoms with van der Waals surface area (Å²) in [6, 6.07) is 0. The van der Waals surface area contributed by atoms with Gasteiger partial charge >= 0.3 is 0 Å². The average molecular weight is 263 g/mol. The van der Waals surface area contributed by atoms with Gasteiger partial charge in [-0.1, -0.05) is 61.9 Å². The Morgan fingerprint density at radius 2 is 1.79 bits per heavy atom. The minimum Gasteiger partial charge on any atom is -0.298 e. The number of rotatable bonds is 9. The van der Waals surface area contributed by atoms with Crippen LogP contribution in [0.4, 0.5) is 0 Å². The van der Waals surface area contributed by atoms with E-state index >= 15 is 0 Å². The molecule has 0 radical (unpaired) electrons. The van der Waals surface area contributed by atoms with Gasteiger partial charge < -0.3 is 0 Å². The molecule has 0 saturated heterocycles. The molecule has 0 N–H and O–H groups in total. The third kappa shape index (κ3) is 6.58. The monoisotopic (exact) mass is 262 g/mol. The van der Waals surface area contributed by atoms with E-state index in [9.17, 15) is 4.79 Å². The molecule has 0 aliphatic rings. The number of hydrogen-bond donors (Lipinski definition) is 0. The van der Waals surface area contributed by atoms with Crippen molar-refractivity contribution in [3.8, 4) is 0 Å². The molecule has 1 unspecified atom stereocenters. The molecule has 1 atom stereocenters. The highest BCUT2D eigenvalue weighted by Crippen LogP contribution is 2.18. The van der Waals surface area contributed by atoms with Gasteiger partial charge in [-0.2, -0.15) is 0 Å². The first-order chi connectivity index (χ1) is 6.76. The van der Waals surface area contributed by atoms with Gasteiger partial charge in [0.2, 0.25) is 0 Å². The van der Waals surface area contributed by atoms with Gasteiger partial charge in [0.25, 0.3) is 0 Å². The van der Waals surface area contributed by atoms with E-state index < -0.39 is 0 Å². The fraction of sp³-hybridized carbons (Fsp3) is 0.917. The summed E-state index contributed by atoms with van der Waals surface area (Å²) in [5.74, 6) is 0.708. The van der Waals surface area contributed by atoms with Crippen LogP contribution in [0.15, 0.2) is 0 Å². The van der Waals surface area contributed by atoms with Crippen molar-refractivity contribution >= 4 is 21.7 Å². The molecule has 0 aliphatic heterocycles. The summed E-state index contributed by atoms with van der Waals surface area (Å²) in [4.78, 5) is 11.5.